The third kappa shape index (κ3) is 5.40. The molecule has 0 aliphatic heterocycles. The zero-order valence-electron chi connectivity index (χ0n) is 16.9. The maximum Gasteiger partial charge on any atom is 0.339 e. The maximum absolute atomic E-state index is 12.6. The van der Waals surface area contributed by atoms with Crippen LogP contribution in [0.2, 0.25) is 5.02 Å². The second-order valence-corrected chi connectivity index (χ2v) is 8.64. The van der Waals surface area contributed by atoms with Crippen molar-refractivity contribution in [2.45, 2.75) is 25.7 Å². The molecule has 3 aromatic carbocycles. The lowest BCUT2D eigenvalue weighted by Gasteiger charge is -2.12. The van der Waals surface area contributed by atoms with Crippen molar-refractivity contribution >= 4 is 33.6 Å². The molecule has 7 heteroatoms. The van der Waals surface area contributed by atoms with Crippen LogP contribution in [0.5, 0.6) is 11.5 Å². The van der Waals surface area contributed by atoms with E-state index in [1.807, 2.05) is 39.0 Å². The number of benzene rings is 3. The Morgan fingerprint density at radius 2 is 1.67 bits per heavy atom. The van der Waals surface area contributed by atoms with Gasteiger partial charge in [0.05, 0.1) is 12.3 Å². The van der Waals surface area contributed by atoms with Crippen LogP contribution in [0.15, 0.2) is 70.6 Å². The van der Waals surface area contributed by atoms with Gasteiger partial charge < -0.3 is 8.92 Å². The summed E-state index contributed by atoms with van der Waals surface area (Å²) in [5.74, 6) is 0.425. The summed E-state index contributed by atoms with van der Waals surface area (Å²) in [4.78, 5) is 4.50. The number of ether oxygens (including phenoxy) is 1. The highest BCUT2D eigenvalue weighted by Crippen LogP contribution is 2.31. The van der Waals surface area contributed by atoms with E-state index >= 15 is 0 Å². The number of aryl methyl sites for hydroxylation is 2. The minimum Gasteiger partial charge on any atom is -0.490 e. The van der Waals surface area contributed by atoms with Gasteiger partial charge in [0.15, 0.2) is 11.5 Å². The molecule has 30 heavy (non-hydrogen) atoms. The largest absolute Gasteiger partial charge is 0.490 e. The smallest absolute Gasteiger partial charge is 0.339 e. The lowest BCUT2D eigenvalue weighted by Crippen LogP contribution is -2.11. The zero-order chi connectivity index (χ0) is 21.7. The number of nitrogens with zero attached hydrogens (tertiary/aromatic N) is 1. The molecule has 0 radical (unpaired) electrons. The standard InChI is InChI=1S/C23H22ClNO4S/c1-4-28-23-14-18(15-25-20-9-5-16(2)17(3)13-20)6-12-22(23)29-30(26,27)21-10-7-19(24)8-11-21/h5-15H,4H2,1-3H3. The Kier molecular flexibility index (Phi) is 6.80. The number of halogens is 1. The molecule has 0 aliphatic rings. The Labute approximate surface area is 182 Å². The third-order valence-corrected chi connectivity index (χ3v) is 5.92. The van der Waals surface area contributed by atoms with Crippen LogP contribution in [0, 0.1) is 13.8 Å². The van der Waals surface area contributed by atoms with Gasteiger partial charge in [-0.05, 0) is 92.1 Å². The first-order valence-electron chi connectivity index (χ1n) is 9.37. The molecule has 5 nitrogen and oxygen atoms in total. The van der Waals surface area contributed by atoms with Crippen molar-refractivity contribution in [1.29, 1.82) is 0 Å². The molecule has 0 saturated carbocycles. The fraction of sp³-hybridized carbons (Fsp3) is 0.174. The van der Waals surface area contributed by atoms with Crippen molar-refractivity contribution < 1.29 is 17.3 Å². The summed E-state index contributed by atoms with van der Waals surface area (Å²) >= 11 is 5.83. The van der Waals surface area contributed by atoms with E-state index in [9.17, 15) is 8.42 Å². The Hall–Kier alpha value is -2.83. The molecule has 0 aromatic heterocycles. The highest BCUT2D eigenvalue weighted by atomic mass is 35.5. The average molecular weight is 444 g/mol. The van der Waals surface area contributed by atoms with Crippen LogP contribution in [0.1, 0.15) is 23.6 Å². The first kappa shape index (κ1) is 21.9. The van der Waals surface area contributed by atoms with Crippen LogP contribution in [-0.4, -0.2) is 21.2 Å². The lowest BCUT2D eigenvalue weighted by molar-refractivity contribution is 0.327. The second-order valence-electron chi connectivity index (χ2n) is 6.66. The fourth-order valence-corrected chi connectivity index (χ4v) is 3.73. The molecule has 0 amide bonds. The molecule has 0 saturated heterocycles. The molecule has 0 fully saturated rings. The summed E-state index contributed by atoms with van der Waals surface area (Å²) < 4.78 is 36.1. The van der Waals surface area contributed by atoms with Crippen LogP contribution < -0.4 is 8.92 Å². The van der Waals surface area contributed by atoms with Gasteiger partial charge in [0.1, 0.15) is 4.90 Å². The molecule has 0 bridgehead atoms. The fourth-order valence-electron chi connectivity index (χ4n) is 2.66. The molecule has 0 spiro atoms. The van der Waals surface area contributed by atoms with Crippen LogP contribution >= 0.6 is 11.6 Å². The first-order valence-corrected chi connectivity index (χ1v) is 11.2. The summed E-state index contributed by atoms with van der Waals surface area (Å²) in [6, 6.07) is 16.7. The normalized spacial score (nSPS) is 11.6. The van der Waals surface area contributed by atoms with Gasteiger partial charge in [-0.3, -0.25) is 4.99 Å². The molecular weight excluding hydrogens is 422 g/mol. The van der Waals surface area contributed by atoms with Gasteiger partial charge >= 0.3 is 10.1 Å². The molecule has 3 aromatic rings. The number of hydrogen-bond acceptors (Lipinski definition) is 5. The number of aliphatic imine (C=N–C) groups is 1. The Morgan fingerprint density at radius 3 is 2.33 bits per heavy atom. The van der Waals surface area contributed by atoms with E-state index in [1.54, 1.807) is 24.4 Å². The highest BCUT2D eigenvalue weighted by Gasteiger charge is 2.19. The molecule has 0 N–H and O–H groups in total. The van der Waals surface area contributed by atoms with Gasteiger partial charge in [-0.15, -0.1) is 0 Å². The van der Waals surface area contributed by atoms with Crippen LogP contribution in [-0.2, 0) is 10.1 Å². The minimum atomic E-state index is -4.02. The van der Waals surface area contributed by atoms with Crippen molar-refractivity contribution in [2.75, 3.05) is 6.61 Å². The highest BCUT2D eigenvalue weighted by molar-refractivity contribution is 7.87. The Morgan fingerprint density at radius 1 is 0.933 bits per heavy atom. The van der Waals surface area contributed by atoms with Crippen molar-refractivity contribution in [2.24, 2.45) is 4.99 Å². The topological polar surface area (TPSA) is 65.0 Å². The van der Waals surface area contributed by atoms with Gasteiger partial charge in [-0.2, -0.15) is 8.42 Å². The van der Waals surface area contributed by atoms with Gasteiger partial charge in [0.25, 0.3) is 0 Å². The minimum absolute atomic E-state index is 0.00901. The van der Waals surface area contributed by atoms with Crippen molar-refractivity contribution in [3.8, 4) is 11.5 Å². The van der Waals surface area contributed by atoms with Crippen molar-refractivity contribution in [1.82, 2.24) is 0 Å². The molecule has 0 atom stereocenters. The zero-order valence-corrected chi connectivity index (χ0v) is 18.5. The lowest BCUT2D eigenvalue weighted by atomic mass is 10.1. The second kappa shape index (κ2) is 9.32. The molecule has 0 unspecified atom stereocenters. The average Bonchev–Trinajstić information content (AvgIpc) is 2.71. The van der Waals surface area contributed by atoms with E-state index in [1.165, 1.54) is 29.8 Å². The third-order valence-electron chi connectivity index (χ3n) is 4.42. The van der Waals surface area contributed by atoms with E-state index in [0.29, 0.717) is 17.4 Å². The molecule has 0 heterocycles. The van der Waals surface area contributed by atoms with Crippen LogP contribution in [0.25, 0.3) is 0 Å². The first-order chi connectivity index (χ1) is 14.3. The van der Waals surface area contributed by atoms with E-state index in [-0.39, 0.29) is 10.6 Å². The number of hydrogen-bond donors (Lipinski definition) is 0. The summed E-state index contributed by atoms with van der Waals surface area (Å²) in [5, 5.41) is 0.441. The quantitative estimate of drug-likeness (QED) is 0.338. The van der Waals surface area contributed by atoms with Crippen molar-refractivity contribution in [3.63, 3.8) is 0 Å². The van der Waals surface area contributed by atoms with E-state index in [0.717, 1.165) is 16.8 Å². The van der Waals surface area contributed by atoms with E-state index in [2.05, 4.69) is 4.99 Å². The Bertz CT molecular complexity index is 1170. The van der Waals surface area contributed by atoms with E-state index < -0.39 is 10.1 Å². The SMILES string of the molecule is CCOc1cc(C=Nc2ccc(C)c(C)c2)ccc1OS(=O)(=O)c1ccc(Cl)cc1. The molecular formula is C23H22ClNO4S. The summed E-state index contributed by atoms with van der Waals surface area (Å²) in [5.41, 5.74) is 3.96. The van der Waals surface area contributed by atoms with Gasteiger partial charge in [0.2, 0.25) is 0 Å². The van der Waals surface area contributed by atoms with E-state index in [4.69, 9.17) is 20.5 Å². The predicted molar refractivity (Wildman–Crippen MR) is 120 cm³/mol. The molecule has 0 aliphatic carbocycles. The maximum atomic E-state index is 12.6. The predicted octanol–water partition coefficient (Wildman–Crippen LogP) is 5.87. The Balaban J connectivity index is 1.86. The van der Waals surface area contributed by atoms with Gasteiger partial charge in [-0.25, -0.2) is 0 Å². The van der Waals surface area contributed by atoms with Crippen molar-refractivity contribution in [3.05, 3.63) is 82.4 Å². The molecule has 3 rings (SSSR count). The van der Waals surface area contributed by atoms with Gasteiger partial charge in [0, 0.05) is 11.2 Å². The monoisotopic (exact) mass is 443 g/mol. The van der Waals surface area contributed by atoms with Gasteiger partial charge in [-0.1, -0.05) is 17.7 Å². The molecule has 156 valence electrons. The number of rotatable bonds is 7. The summed E-state index contributed by atoms with van der Waals surface area (Å²) in [6.07, 6.45) is 1.70. The summed E-state index contributed by atoms with van der Waals surface area (Å²) in [6.45, 7) is 6.26. The van der Waals surface area contributed by atoms with Crippen LogP contribution in [0.4, 0.5) is 5.69 Å². The van der Waals surface area contributed by atoms with Crippen LogP contribution in [0.3, 0.4) is 0 Å². The summed E-state index contributed by atoms with van der Waals surface area (Å²) in [7, 11) is -4.02.